The maximum absolute atomic E-state index is 10.8. The summed E-state index contributed by atoms with van der Waals surface area (Å²) in [6.07, 6.45) is 2.76. The molecule has 1 aliphatic heterocycles. The van der Waals surface area contributed by atoms with Gasteiger partial charge in [-0.15, -0.1) is 0 Å². The Bertz CT molecular complexity index is 488. The van der Waals surface area contributed by atoms with E-state index in [1.54, 1.807) is 12.1 Å². The number of nitrogens with zero attached hydrogens (tertiary/aromatic N) is 1. The van der Waals surface area contributed by atoms with Crippen LogP contribution in [0.15, 0.2) is 24.3 Å². The van der Waals surface area contributed by atoms with Gasteiger partial charge in [0, 0.05) is 19.1 Å². The van der Waals surface area contributed by atoms with E-state index < -0.39 is 5.97 Å². The minimum Gasteiger partial charge on any atom is -0.478 e. The van der Waals surface area contributed by atoms with Gasteiger partial charge in [0.2, 0.25) is 0 Å². The number of aromatic carboxylic acids is 1. The number of carboxylic acids is 1. The third-order valence-corrected chi connectivity index (χ3v) is 4.46. The van der Waals surface area contributed by atoms with E-state index in [1.165, 1.54) is 18.4 Å². The van der Waals surface area contributed by atoms with Crippen LogP contribution in [0.3, 0.4) is 0 Å². The van der Waals surface area contributed by atoms with Gasteiger partial charge in [-0.1, -0.05) is 26.0 Å². The van der Waals surface area contributed by atoms with Crippen LogP contribution in [0.5, 0.6) is 0 Å². The van der Waals surface area contributed by atoms with Crippen molar-refractivity contribution >= 4 is 5.97 Å². The molecule has 102 valence electrons. The van der Waals surface area contributed by atoms with Crippen LogP contribution < -0.4 is 0 Å². The van der Waals surface area contributed by atoms with Crippen molar-refractivity contribution in [2.75, 3.05) is 6.54 Å². The topological polar surface area (TPSA) is 40.5 Å². The molecule has 0 spiro atoms. The number of carbonyl (C=O) groups is 1. The number of carboxylic acid groups (broad SMARTS) is 1. The fourth-order valence-corrected chi connectivity index (χ4v) is 3.59. The Labute approximate surface area is 114 Å². The third kappa shape index (κ3) is 2.39. The first kappa shape index (κ1) is 12.7. The monoisotopic (exact) mass is 259 g/mol. The Hall–Kier alpha value is -1.35. The molecule has 1 aliphatic carbocycles. The molecule has 3 rings (SSSR count). The van der Waals surface area contributed by atoms with Gasteiger partial charge in [-0.05, 0) is 41.9 Å². The summed E-state index contributed by atoms with van der Waals surface area (Å²) < 4.78 is 0. The maximum atomic E-state index is 10.8. The molecule has 1 N–H and O–H groups in total. The molecule has 0 aromatic heterocycles. The van der Waals surface area contributed by atoms with Crippen molar-refractivity contribution in [1.29, 1.82) is 0 Å². The molecule has 2 fully saturated rings. The molecule has 1 saturated carbocycles. The lowest BCUT2D eigenvalue weighted by Crippen LogP contribution is -2.62. The van der Waals surface area contributed by atoms with Crippen molar-refractivity contribution in [3.63, 3.8) is 0 Å². The van der Waals surface area contributed by atoms with Crippen molar-refractivity contribution in [2.24, 2.45) is 11.3 Å². The summed E-state index contributed by atoms with van der Waals surface area (Å²) >= 11 is 0. The highest BCUT2D eigenvalue weighted by atomic mass is 16.4. The van der Waals surface area contributed by atoms with Gasteiger partial charge in [0.15, 0.2) is 0 Å². The number of hydrogen-bond acceptors (Lipinski definition) is 2. The van der Waals surface area contributed by atoms with E-state index >= 15 is 0 Å². The van der Waals surface area contributed by atoms with Gasteiger partial charge in [0.25, 0.3) is 0 Å². The average Bonchev–Trinajstić information content (AvgIpc) is 3.12. The Morgan fingerprint density at radius 1 is 1.32 bits per heavy atom. The molecule has 2 aliphatic rings. The zero-order chi connectivity index (χ0) is 13.6. The standard InChI is InChI=1S/C16H21NO2/c1-16(2)10-17(14(16)12-7-8-12)9-11-3-5-13(6-4-11)15(18)19/h3-6,12,14H,7-10H2,1-2H3,(H,18,19). The van der Waals surface area contributed by atoms with Crippen LogP contribution in [0.2, 0.25) is 0 Å². The second-order valence-corrected chi connectivity index (χ2v) is 6.68. The fraction of sp³-hybridized carbons (Fsp3) is 0.562. The normalized spacial score (nSPS) is 25.9. The van der Waals surface area contributed by atoms with E-state index in [9.17, 15) is 4.79 Å². The van der Waals surface area contributed by atoms with Gasteiger partial charge in [0.05, 0.1) is 5.56 Å². The smallest absolute Gasteiger partial charge is 0.335 e. The molecule has 0 amide bonds. The zero-order valence-corrected chi connectivity index (χ0v) is 11.6. The van der Waals surface area contributed by atoms with E-state index in [2.05, 4.69) is 18.7 Å². The van der Waals surface area contributed by atoms with Crippen molar-refractivity contribution < 1.29 is 9.90 Å². The van der Waals surface area contributed by atoms with Crippen LogP contribution in [0.1, 0.15) is 42.6 Å². The average molecular weight is 259 g/mol. The lowest BCUT2D eigenvalue weighted by molar-refractivity contribution is -0.0684. The number of likely N-dealkylation sites (tertiary alicyclic amines) is 1. The predicted molar refractivity (Wildman–Crippen MR) is 74.1 cm³/mol. The molecule has 3 nitrogen and oxygen atoms in total. The molecular formula is C16H21NO2. The van der Waals surface area contributed by atoms with Crippen LogP contribution in [-0.4, -0.2) is 28.6 Å². The largest absolute Gasteiger partial charge is 0.478 e. The summed E-state index contributed by atoms with van der Waals surface area (Å²) in [6, 6.07) is 8.01. The minimum atomic E-state index is -0.854. The molecule has 0 bridgehead atoms. The predicted octanol–water partition coefficient (Wildman–Crippen LogP) is 3.01. The Balaban J connectivity index is 1.67. The SMILES string of the molecule is CC1(C)CN(Cc2ccc(C(=O)O)cc2)C1C1CC1. The summed E-state index contributed by atoms with van der Waals surface area (Å²) in [7, 11) is 0. The first-order valence-electron chi connectivity index (χ1n) is 7.04. The Kier molecular flexibility index (Phi) is 2.90. The highest BCUT2D eigenvalue weighted by Crippen LogP contribution is 2.50. The van der Waals surface area contributed by atoms with Crippen molar-refractivity contribution in [3.05, 3.63) is 35.4 Å². The van der Waals surface area contributed by atoms with Crippen molar-refractivity contribution in [1.82, 2.24) is 4.90 Å². The fourth-order valence-electron chi connectivity index (χ4n) is 3.59. The summed E-state index contributed by atoms with van der Waals surface area (Å²) in [5, 5.41) is 8.90. The minimum absolute atomic E-state index is 0.367. The van der Waals surface area contributed by atoms with Gasteiger partial charge in [-0.25, -0.2) is 4.79 Å². The molecule has 3 heteroatoms. The molecule has 1 atom stereocenters. The van der Waals surface area contributed by atoms with Gasteiger partial charge in [-0.2, -0.15) is 0 Å². The molecule has 1 saturated heterocycles. The lowest BCUT2D eigenvalue weighted by atomic mass is 9.72. The maximum Gasteiger partial charge on any atom is 0.335 e. The second-order valence-electron chi connectivity index (χ2n) is 6.68. The number of hydrogen-bond donors (Lipinski definition) is 1. The van der Waals surface area contributed by atoms with Crippen LogP contribution in [0.4, 0.5) is 0 Å². The highest BCUT2D eigenvalue weighted by Gasteiger charge is 2.52. The molecule has 1 aromatic rings. The lowest BCUT2D eigenvalue weighted by Gasteiger charge is -2.55. The molecule has 1 aromatic carbocycles. The molecule has 19 heavy (non-hydrogen) atoms. The van der Waals surface area contributed by atoms with Gasteiger partial charge in [0.1, 0.15) is 0 Å². The quantitative estimate of drug-likeness (QED) is 0.903. The van der Waals surface area contributed by atoms with Crippen molar-refractivity contribution in [2.45, 2.75) is 39.3 Å². The van der Waals surface area contributed by atoms with Crippen LogP contribution >= 0.6 is 0 Å². The van der Waals surface area contributed by atoms with E-state index in [0.29, 0.717) is 17.0 Å². The molecule has 1 heterocycles. The number of rotatable bonds is 4. The summed E-state index contributed by atoms with van der Waals surface area (Å²) in [6.45, 7) is 6.82. The van der Waals surface area contributed by atoms with Crippen LogP contribution in [-0.2, 0) is 6.54 Å². The zero-order valence-electron chi connectivity index (χ0n) is 11.6. The Morgan fingerprint density at radius 2 is 1.95 bits per heavy atom. The van der Waals surface area contributed by atoms with E-state index in [0.717, 1.165) is 19.0 Å². The van der Waals surface area contributed by atoms with Crippen LogP contribution in [0, 0.1) is 11.3 Å². The van der Waals surface area contributed by atoms with Gasteiger partial charge >= 0.3 is 5.97 Å². The van der Waals surface area contributed by atoms with Crippen molar-refractivity contribution in [3.8, 4) is 0 Å². The first-order chi connectivity index (χ1) is 8.97. The van der Waals surface area contributed by atoms with E-state index in [-0.39, 0.29) is 0 Å². The molecule has 0 radical (unpaired) electrons. The van der Waals surface area contributed by atoms with Gasteiger partial charge < -0.3 is 5.11 Å². The first-order valence-corrected chi connectivity index (χ1v) is 7.04. The third-order valence-electron chi connectivity index (χ3n) is 4.46. The molecule has 1 unspecified atom stereocenters. The molecular weight excluding hydrogens is 238 g/mol. The van der Waals surface area contributed by atoms with E-state index in [1.807, 2.05) is 12.1 Å². The van der Waals surface area contributed by atoms with Crippen LogP contribution in [0.25, 0.3) is 0 Å². The summed E-state index contributed by atoms with van der Waals surface area (Å²) in [5.41, 5.74) is 2.03. The summed E-state index contributed by atoms with van der Waals surface area (Å²) in [4.78, 5) is 13.4. The second kappa shape index (κ2) is 4.34. The highest BCUT2D eigenvalue weighted by molar-refractivity contribution is 5.87. The number of benzene rings is 1. The van der Waals surface area contributed by atoms with E-state index in [4.69, 9.17) is 5.11 Å². The Morgan fingerprint density at radius 3 is 2.42 bits per heavy atom. The summed E-state index contributed by atoms with van der Waals surface area (Å²) in [5.74, 6) is 0.0366. The van der Waals surface area contributed by atoms with Gasteiger partial charge in [-0.3, -0.25) is 4.90 Å².